The average Bonchev–Trinajstić information content (AvgIpc) is 2.48. The summed E-state index contributed by atoms with van der Waals surface area (Å²) >= 11 is 1.44. The number of fused-ring (bicyclic) bond motifs is 1. The predicted octanol–water partition coefficient (Wildman–Crippen LogP) is 2.60. The van der Waals surface area contributed by atoms with Crippen LogP contribution >= 0.6 is 11.3 Å². The summed E-state index contributed by atoms with van der Waals surface area (Å²) in [6.07, 6.45) is 2.72. The molecule has 0 aromatic carbocycles. The number of amides is 1. The number of carbonyl (C=O) groups excluding carboxylic acids is 1. The second kappa shape index (κ2) is 4.33. The van der Waals surface area contributed by atoms with E-state index in [-0.39, 0.29) is 0 Å². The number of anilines is 1. The molecule has 0 fully saturated rings. The van der Waals surface area contributed by atoms with Crippen LogP contribution in [0.3, 0.4) is 0 Å². The first-order valence-electron chi connectivity index (χ1n) is 5.22. The zero-order chi connectivity index (χ0) is 11.7. The Labute approximate surface area is 97.6 Å². The monoisotopic (exact) mass is 240 g/mol. The van der Waals surface area contributed by atoms with Crippen LogP contribution in [0, 0.1) is 6.92 Å². The van der Waals surface area contributed by atoms with Crippen molar-refractivity contribution in [3.8, 4) is 0 Å². The molecule has 0 unspecified atom stereocenters. The number of halogens is 1. The smallest absolute Gasteiger partial charge is 0.287 e. The Hall–Kier alpha value is -1.23. The summed E-state index contributed by atoms with van der Waals surface area (Å²) in [6.45, 7) is 5.51. The minimum atomic E-state index is -0.904. The minimum absolute atomic E-state index is 0.552. The summed E-state index contributed by atoms with van der Waals surface area (Å²) in [7, 11) is 0. The lowest BCUT2D eigenvalue weighted by Gasteiger charge is -2.18. The highest BCUT2D eigenvalue weighted by Crippen LogP contribution is 2.33. The first-order chi connectivity index (χ1) is 7.59. The third-order valence-electron chi connectivity index (χ3n) is 2.55. The van der Waals surface area contributed by atoms with Gasteiger partial charge in [0, 0.05) is 6.54 Å². The molecule has 0 saturated carbocycles. The molecule has 5 heteroatoms. The van der Waals surface area contributed by atoms with Crippen LogP contribution in [-0.2, 0) is 11.2 Å². The maximum absolute atomic E-state index is 12.9. The second-order valence-electron chi connectivity index (χ2n) is 3.80. The van der Waals surface area contributed by atoms with E-state index in [2.05, 4.69) is 11.6 Å². The van der Waals surface area contributed by atoms with Gasteiger partial charge in [-0.15, -0.1) is 11.3 Å². The molecule has 0 atom stereocenters. The quantitative estimate of drug-likeness (QED) is 0.707. The van der Waals surface area contributed by atoms with Crippen molar-refractivity contribution in [3.05, 3.63) is 23.1 Å². The van der Waals surface area contributed by atoms with E-state index in [0.29, 0.717) is 6.54 Å². The van der Waals surface area contributed by atoms with Crippen molar-refractivity contribution in [3.63, 3.8) is 0 Å². The molecule has 1 amide bonds. The summed E-state index contributed by atoms with van der Waals surface area (Å²) in [4.78, 5) is 17.5. The van der Waals surface area contributed by atoms with Crippen LogP contribution in [0.4, 0.5) is 9.39 Å². The number of carbonyl (C=O) groups is 1. The molecule has 2 heterocycles. The number of aryl methyl sites for hydroxylation is 2. The van der Waals surface area contributed by atoms with E-state index in [9.17, 15) is 9.18 Å². The van der Waals surface area contributed by atoms with Gasteiger partial charge in [-0.1, -0.05) is 6.58 Å². The molecule has 1 aliphatic heterocycles. The van der Waals surface area contributed by atoms with Gasteiger partial charge in [-0.05, 0) is 26.2 Å². The van der Waals surface area contributed by atoms with Gasteiger partial charge in [0.1, 0.15) is 5.00 Å². The van der Waals surface area contributed by atoms with Crippen molar-refractivity contribution in [2.75, 3.05) is 11.4 Å². The van der Waals surface area contributed by atoms with Crippen molar-refractivity contribution in [2.45, 2.75) is 26.2 Å². The molecule has 1 aliphatic rings. The summed E-state index contributed by atoms with van der Waals surface area (Å²) in [5, 5.41) is 1.70. The van der Waals surface area contributed by atoms with Gasteiger partial charge in [0.25, 0.3) is 5.91 Å². The Morgan fingerprint density at radius 1 is 1.56 bits per heavy atom. The van der Waals surface area contributed by atoms with Gasteiger partial charge in [0.05, 0.1) is 10.7 Å². The minimum Gasteiger partial charge on any atom is -0.296 e. The highest BCUT2D eigenvalue weighted by Gasteiger charge is 2.25. The first-order valence-corrected chi connectivity index (χ1v) is 6.04. The third kappa shape index (κ3) is 2.00. The van der Waals surface area contributed by atoms with E-state index in [1.165, 1.54) is 16.2 Å². The molecule has 86 valence electrons. The summed E-state index contributed by atoms with van der Waals surface area (Å²) in [5.41, 5.74) is 0.912. The molecular formula is C11H13FN2OS. The largest absolute Gasteiger partial charge is 0.296 e. The number of rotatable bonds is 1. The predicted molar refractivity (Wildman–Crippen MR) is 62.4 cm³/mol. The van der Waals surface area contributed by atoms with Crippen LogP contribution in [0.5, 0.6) is 0 Å². The van der Waals surface area contributed by atoms with Crippen LogP contribution in [0.15, 0.2) is 12.4 Å². The topological polar surface area (TPSA) is 33.2 Å². The fraction of sp³-hybridized carbons (Fsp3) is 0.455. The normalized spacial score (nSPS) is 15.5. The molecule has 1 aromatic rings. The van der Waals surface area contributed by atoms with Crippen molar-refractivity contribution < 1.29 is 9.18 Å². The Kier molecular flexibility index (Phi) is 3.05. The van der Waals surface area contributed by atoms with Gasteiger partial charge in [0.15, 0.2) is 5.83 Å². The molecule has 2 rings (SSSR count). The van der Waals surface area contributed by atoms with E-state index < -0.39 is 11.7 Å². The highest BCUT2D eigenvalue weighted by molar-refractivity contribution is 7.16. The van der Waals surface area contributed by atoms with Crippen LogP contribution in [0.1, 0.15) is 23.5 Å². The Morgan fingerprint density at radius 2 is 2.31 bits per heavy atom. The second-order valence-corrected chi connectivity index (χ2v) is 4.99. The maximum Gasteiger partial charge on any atom is 0.287 e. The zero-order valence-electron chi connectivity index (χ0n) is 9.12. The summed E-state index contributed by atoms with van der Waals surface area (Å²) < 4.78 is 12.9. The highest BCUT2D eigenvalue weighted by atomic mass is 32.1. The number of aromatic nitrogens is 1. The van der Waals surface area contributed by atoms with Crippen molar-refractivity contribution in [1.29, 1.82) is 0 Å². The molecule has 16 heavy (non-hydrogen) atoms. The average molecular weight is 240 g/mol. The molecule has 0 spiro atoms. The van der Waals surface area contributed by atoms with Gasteiger partial charge < -0.3 is 0 Å². The molecule has 3 nitrogen and oxygen atoms in total. The number of thiazole rings is 1. The van der Waals surface area contributed by atoms with E-state index in [0.717, 1.165) is 35.0 Å². The molecule has 0 N–H and O–H groups in total. The first kappa shape index (κ1) is 11.3. The fourth-order valence-electron chi connectivity index (χ4n) is 1.84. The van der Waals surface area contributed by atoms with Crippen molar-refractivity contribution >= 4 is 22.2 Å². The lowest BCUT2D eigenvalue weighted by molar-refractivity contribution is -0.116. The van der Waals surface area contributed by atoms with Crippen molar-refractivity contribution in [1.82, 2.24) is 4.98 Å². The Morgan fingerprint density at radius 3 is 3.00 bits per heavy atom. The van der Waals surface area contributed by atoms with E-state index in [1.54, 1.807) is 0 Å². The van der Waals surface area contributed by atoms with Crippen LogP contribution < -0.4 is 4.90 Å². The molecule has 0 radical (unpaired) electrons. The molecule has 0 bridgehead atoms. The van der Waals surface area contributed by atoms with E-state index >= 15 is 0 Å². The molecular weight excluding hydrogens is 227 g/mol. The van der Waals surface area contributed by atoms with Gasteiger partial charge >= 0.3 is 0 Å². The summed E-state index contributed by atoms with van der Waals surface area (Å²) in [5.74, 6) is -1.54. The Bertz CT molecular complexity index is 441. The van der Waals surface area contributed by atoms with Crippen LogP contribution in [-0.4, -0.2) is 17.4 Å². The van der Waals surface area contributed by atoms with E-state index in [1.807, 2.05) is 6.92 Å². The standard InChI is InChI=1S/C11H13FN2OS/c1-7(12)10(15)14-6-4-3-5-9-11(14)16-8(2)13-9/h1,3-6H2,2H3. The third-order valence-corrected chi connectivity index (χ3v) is 3.59. The number of hydrogen-bond donors (Lipinski definition) is 0. The SMILES string of the molecule is C=C(F)C(=O)N1CCCCc2nc(C)sc21. The van der Waals surface area contributed by atoms with Gasteiger partial charge in [-0.2, -0.15) is 0 Å². The number of hydrogen-bond acceptors (Lipinski definition) is 3. The van der Waals surface area contributed by atoms with Gasteiger partial charge in [-0.3, -0.25) is 9.69 Å². The molecule has 1 aromatic heterocycles. The van der Waals surface area contributed by atoms with Gasteiger partial charge in [0.2, 0.25) is 0 Å². The molecule has 0 aliphatic carbocycles. The zero-order valence-corrected chi connectivity index (χ0v) is 9.94. The van der Waals surface area contributed by atoms with Gasteiger partial charge in [-0.25, -0.2) is 9.37 Å². The number of nitrogens with zero attached hydrogens (tertiary/aromatic N) is 2. The lowest BCUT2D eigenvalue weighted by atomic mass is 10.2. The van der Waals surface area contributed by atoms with E-state index in [4.69, 9.17) is 0 Å². The molecule has 0 saturated heterocycles. The maximum atomic E-state index is 12.9. The summed E-state index contributed by atoms with van der Waals surface area (Å²) in [6, 6.07) is 0. The Balaban J connectivity index is 2.39. The van der Waals surface area contributed by atoms with Crippen LogP contribution in [0.2, 0.25) is 0 Å². The van der Waals surface area contributed by atoms with Crippen LogP contribution in [0.25, 0.3) is 0 Å². The van der Waals surface area contributed by atoms with Crippen molar-refractivity contribution in [2.24, 2.45) is 0 Å². The lowest BCUT2D eigenvalue weighted by Crippen LogP contribution is -2.31. The fourth-order valence-corrected chi connectivity index (χ4v) is 2.82.